The van der Waals surface area contributed by atoms with Crippen LogP contribution in [-0.4, -0.2) is 52.4 Å². The molecule has 0 aromatic heterocycles. The molecule has 4 aliphatic heterocycles. The molecule has 8 aliphatic rings. The quantitative estimate of drug-likeness (QED) is 0.169. The van der Waals surface area contributed by atoms with Crippen LogP contribution >= 0.6 is 24.8 Å². The maximum absolute atomic E-state index is 3.48. The van der Waals surface area contributed by atoms with Crippen LogP contribution in [0.4, 0.5) is 0 Å². The maximum atomic E-state index is 3.48. The van der Waals surface area contributed by atoms with Gasteiger partial charge in [0.25, 0.3) is 0 Å². The van der Waals surface area contributed by atoms with Crippen molar-refractivity contribution in [2.75, 3.05) is 52.4 Å². The second kappa shape index (κ2) is 15.3. The van der Waals surface area contributed by atoms with Gasteiger partial charge in [0.15, 0.2) is 0 Å². The highest BCUT2D eigenvalue weighted by atomic mass is 35.5. The van der Waals surface area contributed by atoms with E-state index in [-0.39, 0.29) is 24.8 Å². The largest absolute Gasteiger partial charge is 0.316 e. The van der Waals surface area contributed by atoms with E-state index in [1.54, 1.807) is 22.3 Å². The molecule has 4 N–H and O–H groups in total. The van der Waals surface area contributed by atoms with Crippen LogP contribution in [0.3, 0.4) is 0 Å². The monoisotopic (exact) mass is 764 g/mol. The van der Waals surface area contributed by atoms with Crippen molar-refractivity contribution in [1.29, 1.82) is 0 Å². The van der Waals surface area contributed by atoms with E-state index in [0.29, 0.717) is 21.7 Å². The van der Waals surface area contributed by atoms with E-state index in [9.17, 15) is 0 Å². The lowest BCUT2D eigenvalue weighted by molar-refractivity contribution is 0.675. The van der Waals surface area contributed by atoms with Gasteiger partial charge in [0, 0.05) is 47.8 Å². The van der Waals surface area contributed by atoms with Gasteiger partial charge in [0.1, 0.15) is 0 Å². The van der Waals surface area contributed by atoms with Gasteiger partial charge in [-0.25, -0.2) is 0 Å². The summed E-state index contributed by atoms with van der Waals surface area (Å²) in [7, 11) is 0. The maximum Gasteiger partial charge on any atom is 0.0122 e. The van der Waals surface area contributed by atoms with Gasteiger partial charge >= 0.3 is 0 Å². The Hall–Kier alpha value is -2.70. The summed E-state index contributed by atoms with van der Waals surface area (Å²) in [4.78, 5) is 0. The fraction of sp³-hybridized carbons (Fsp3) is 0.500. The van der Waals surface area contributed by atoms with E-state index in [1.165, 1.54) is 100 Å². The van der Waals surface area contributed by atoms with Gasteiger partial charge in [0.2, 0.25) is 0 Å². The molecule has 4 aromatic carbocycles. The molecule has 4 saturated carbocycles. The van der Waals surface area contributed by atoms with E-state index in [0.717, 1.165) is 23.7 Å². The number of piperidine rings is 4. The average Bonchev–Trinajstić information content (AvgIpc) is 4.15. The van der Waals surface area contributed by atoms with Gasteiger partial charge < -0.3 is 21.3 Å². The summed E-state index contributed by atoms with van der Waals surface area (Å²) in [5.41, 5.74) is 13.8. The zero-order valence-corrected chi connectivity index (χ0v) is 34.5. The van der Waals surface area contributed by atoms with Crippen LogP contribution in [0.5, 0.6) is 0 Å². The number of hydrogen-bond acceptors (Lipinski definition) is 4. The van der Waals surface area contributed by atoms with Crippen LogP contribution in [0.1, 0.15) is 70.2 Å². The first-order chi connectivity index (χ1) is 25.2. The van der Waals surface area contributed by atoms with Crippen LogP contribution in [0.15, 0.2) is 97.1 Å². The Balaban J connectivity index is 0.000000110. The van der Waals surface area contributed by atoms with Crippen molar-refractivity contribution in [2.45, 2.75) is 75.0 Å². The van der Waals surface area contributed by atoms with Crippen molar-refractivity contribution in [1.82, 2.24) is 21.3 Å². The normalized spacial score (nSPS) is 34.6. The first kappa shape index (κ1) is 39.5. The summed E-state index contributed by atoms with van der Waals surface area (Å²) in [6.07, 6.45) is 5.62. The van der Waals surface area contributed by atoms with Crippen LogP contribution in [-0.2, 0) is 21.7 Å². The molecule has 0 spiro atoms. The zero-order valence-electron chi connectivity index (χ0n) is 32.8. The standard InChI is InChI=1S/4C12H15N.2ClH/c4*1-9-2-4-10(5-3-9)12-6-11(12)7-13-8-12;;/h4*2-5,11,13H,6-8H2,1H3;2*1H/t2*11?,12-;;;;/m10..../s1. The average molecular weight is 766 g/mol. The molecule has 0 bridgehead atoms. The van der Waals surface area contributed by atoms with Crippen LogP contribution in [0.2, 0.25) is 0 Å². The van der Waals surface area contributed by atoms with E-state index in [2.05, 4.69) is 146 Å². The Morgan fingerprint density at radius 2 is 0.519 bits per heavy atom. The van der Waals surface area contributed by atoms with E-state index >= 15 is 0 Å². The third-order valence-corrected chi connectivity index (χ3v) is 14.8. The topological polar surface area (TPSA) is 48.1 Å². The van der Waals surface area contributed by atoms with Gasteiger partial charge in [-0.15, -0.1) is 24.8 Å². The van der Waals surface area contributed by atoms with Gasteiger partial charge in [0.05, 0.1) is 0 Å². The van der Waals surface area contributed by atoms with Crippen molar-refractivity contribution in [2.24, 2.45) is 23.7 Å². The second-order valence-electron chi connectivity index (χ2n) is 18.2. The minimum Gasteiger partial charge on any atom is -0.316 e. The Labute approximate surface area is 337 Å². The lowest BCUT2D eigenvalue weighted by atomic mass is 9.94. The van der Waals surface area contributed by atoms with Gasteiger partial charge in [-0.1, -0.05) is 119 Å². The Kier molecular flexibility index (Phi) is 11.2. The molecule has 6 unspecified atom stereocenters. The molecule has 8 atom stereocenters. The first-order valence-corrected chi connectivity index (χ1v) is 20.4. The minimum atomic E-state index is 0. The van der Waals surface area contributed by atoms with Crippen molar-refractivity contribution < 1.29 is 0 Å². The van der Waals surface area contributed by atoms with Gasteiger partial charge in [-0.3, -0.25) is 0 Å². The number of nitrogens with one attached hydrogen (secondary N) is 4. The molecule has 8 fully saturated rings. The molecule has 6 heteroatoms. The number of rotatable bonds is 4. The lowest BCUT2D eigenvalue weighted by Gasteiger charge is -2.11. The molecule has 0 amide bonds. The van der Waals surface area contributed by atoms with Gasteiger partial charge in [-0.05, 0) is 125 Å². The lowest BCUT2D eigenvalue weighted by Crippen LogP contribution is -2.19. The minimum absolute atomic E-state index is 0. The number of benzene rings is 4. The van der Waals surface area contributed by atoms with Crippen LogP contribution in [0.25, 0.3) is 0 Å². The third kappa shape index (κ3) is 7.33. The molecule has 54 heavy (non-hydrogen) atoms. The molecule has 0 radical (unpaired) electrons. The summed E-state index contributed by atoms with van der Waals surface area (Å²) in [6.45, 7) is 18.3. The third-order valence-electron chi connectivity index (χ3n) is 14.8. The highest BCUT2D eigenvalue weighted by molar-refractivity contribution is 5.85. The Bertz CT molecular complexity index is 1600. The fourth-order valence-electron chi connectivity index (χ4n) is 10.7. The summed E-state index contributed by atoms with van der Waals surface area (Å²) in [6, 6.07) is 36.3. The highest BCUT2D eigenvalue weighted by Gasteiger charge is 2.60. The van der Waals surface area contributed by atoms with Crippen molar-refractivity contribution in [3.05, 3.63) is 142 Å². The van der Waals surface area contributed by atoms with Crippen molar-refractivity contribution in [3.63, 3.8) is 0 Å². The SMILES string of the molecule is Cc1ccc(C23CNCC2C3)cc1.Cc1ccc(C23CNCC2C3)cc1.Cc1ccc([C@@]23CNCC2C3)cc1.Cc1ccc([C@]23CNCC2C3)cc1.Cl.Cl. The summed E-state index contributed by atoms with van der Waals surface area (Å²) >= 11 is 0. The summed E-state index contributed by atoms with van der Waals surface area (Å²) < 4.78 is 0. The molecule has 4 aromatic rings. The van der Waals surface area contributed by atoms with Crippen LogP contribution in [0, 0.1) is 51.4 Å². The summed E-state index contributed by atoms with van der Waals surface area (Å²) in [5.74, 6) is 3.70. The second-order valence-corrected chi connectivity index (χ2v) is 18.2. The molecule has 4 nitrogen and oxygen atoms in total. The zero-order chi connectivity index (χ0) is 35.6. The molecular weight excluding hydrogens is 703 g/mol. The van der Waals surface area contributed by atoms with Crippen LogP contribution < -0.4 is 21.3 Å². The first-order valence-electron chi connectivity index (χ1n) is 20.4. The molecule has 12 rings (SSSR count). The van der Waals surface area contributed by atoms with E-state index in [1.807, 2.05) is 0 Å². The van der Waals surface area contributed by atoms with Crippen molar-refractivity contribution >= 4 is 24.8 Å². The number of hydrogen-bond donors (Lipinski definition) is 4. The Morgan fingerprint density at radius 3 is 0.648 bits per heavy atom. The van der Waals surface area contributed by atoms with E-state index in [4.69, 9.17) is 0 Å². The molecule has 4 saturated heterocycles. The predicted octanol–water partition coefficient (Wildman–Crippen LogP) is 8.27. The number of halogens is 2. The number of fused-ring (bicyclic) bond motifs is 4. The number of aryl methyl sites for hydroxylation is 4. The smallest absolute Gasteiger partial charge is 0.0122 e. The summed E-state index contributed by atoms with van der Waals surface area (Å²) in [5, 5.41) is 13.9. The fourth-order valence-corrected chi connectivity index (χ4v) is 10.7. The van der Waals surface area contributed by atoms with E-state index < -0.39 is 0 Å². The molecule has 288 valence electrons. The molecular formula is C48H62Cl2N4. The molecule has 4 aliphatic carbocycles. The van der Waals surface area contributed by atoms with Gasteiger partial charge in [-0.2, -0.15) is 0 Å². The highest BCUT2D eigenvalue weighted by Crippen LogP contribution is 2.58. The van der Waals surface area contributed by atoms with Crippen molar-refractivity contribution in [3.8, 4) is 0 Å². The predicted molar refractivity (Wildman–Crippen MR) is 230 cm³/mol. The molecule has 4 heterocycles. The Morgan fingerprint density at radius 1 is 0.333 bits per heavy atom.